The van der Waals surface area contributed by atoms with Gasteiger partial charge in [-0.3, -0.25) is 9.59 Å². The van der Waals surface area contributed by atoms with Crippen molar-refractivity contribution in [2.45, 2.75) is 19.8 Å². The van der Waals surface area contributed by atoms with Crippen molar-refractivity contribution in [1.29, 1.82) is 0 Å². The molecule has 0 heterocycles. The Labute approximate surface area is 166 Å². The molecule has 0 aliphatic carbocycles. The predicted octanol–water partition coefficient (Wildman–Crippen LogP) is 3.77. The van der Waals surface area contributed by atoms with Gasteiger partial charge in [0.05, 0.1) is 17.9 Å². The van der Waals surface area contributed by atoms with Crippen LogP contribution in [0.2, 0.25) is 0 Å². The van der Waals surface area contributed by atoms with E-state index < -0.39 is 5.97 Å². The van der Waals surface area contributed by atoms with Gasteiger partial charge in [0.25, 0.3) is 5.91 Å². The third-order valence-electron chi connectivity index (χ3n) is 3.66. The number of rotatable bonds is 8. The molecule has 0 aliphatic rings. The van der Waals surface area contributed by atoms with Crippen LogP contribution in [0.1, 0.15) is 40.5 Å². The Morgan fingerprint density at radius 3 is 2.44 bits per heavy atom. The maximum atomic E-state index is 12.1. The van der Waals surface area contributed by atoms with E-state index in [4.69, 9.17) is 4.74 Å². The zero-order valence-electron chi connectivity index (χ0n) is 15.0. The van der Waals surface area contributed by atoms with E-state index in [1.165, 1.54) is 0 Å². The zero-order chi connectivity index (χ0) is 19.6. The van der Waals surface area contributed by atoms with E-state index in [1.807, 2.05) is 6.07 Å². The highest BCUT2D eigenvalue weighted by Gasteiger charge is 2.11. The zero-order valence-corrected chi connectivity index (χ0v) is 16.5. The van der Waals surface area contributed by atoms with Crippen LogP contribution in [-0.2, 0) is 9.53 Å². The van der Waals surface area contributed by atoms with Gasteiger partial charge in [-0.1, -0.05) is 18.2 Å². The van der Waals surface area contributed by atoms with E-state index in [9.17, 15) is 14.4 Å². The number of benzene rings is 2. The van der Waals surface area contributed by atoms with Gasteiger partial charge in [-0.2, -0.15) is 0 Å². The van der Waals surface area contributed by atoms with Crippen LogP contribution < -0.4 is 10.6 Å². The average molecular weight is 433 g/mol. The first kappa shape index (κ1) is 20.6. The Bertz CT molecular complexity index is 809. The number of hydrogen-bond acceptors (Lipinski definition) is 4. The molecular weight excluding hydrogens is 412 g/mol. The molecule has 7 heteroatoms. The fraction of sp³-hybridized carbons (Fsp3) is 0.250. The number of hydrogen-bond donors (Lipinski definition) is 2. The number of ether oxygens (including phenoxy) is 1. The Hall–Kier alpha value is -2.67. The molecule has 2 N–H and O–H groups in total. The first-order valence-electron chi connectivity index (χ1n) is 8.61. The second-order valence-corrected chi connectivity index (χ2v) is 6.54. The highest BCUT2D eigenvalue weighted by molar-refractivity contribution is 9.10. The maximum Gasteiger partial charge on any atom is 0.338 e. The number of carbonyl (C=O) groups excluding carboxylic acids is 3. The molecule has 0 atom stereocenters. The van der Waals surface area contributed by atoms with Crippen LogP contribution in [-0.4, -0.2) is 30.9 Å². The summed E-state index contributed by atoms with van der Waals surface area (Å²) in [5.41, 5.74) is 1.57. The molecule has 2 amide bonds. The minimum atomic E-state index is -0.412. The minimum absolute atomic E-state index is 0.159. The van der Waals surface area contributed by atoms with Crippen LogP contribution in [0.15, 0.2) is 53.0 Å². The van der Waals surface area contributed by atoms with Crippen LogP contribution >= 0.6 is 15.9 Å². The number of amides is 2. The Morgan fingerprint density at radius 1 is 1.04 bits per heavy atom. The van der Waals surface area contributed by atoms with Gasteiger partial charge < -0.3 is 15.4 Å². The van der Waals surface area contributed by atoms with Crippen molar-refractivity contribution in [3.05, 3.63) is 64.1 Å². The molecule has 0 fully saturated rings. The molecule has 0 aliphatic heterocycles. The monoisotopic (exact) mass is 432 g/mol. The average Bonchev–Trinajstić information content (AvgIpc) is 2.67. The van der Waals surface area contributed by atoms with Gasteiger partial charge in [0.2, 0.25) is 5.91 Å². The van der Waals surface area contributed by atoms with Gasteiger partial charge in [0.1, 0.15) is 0 Å². The van der Waals surface area contributed by atoms with Crippen LogP contribution in [0.5, 0.6) is 0 Å². The van der Waals surface area contributed by atoms with E-state index in [0.717, 1.165) is 0 Å². The van der Waals surface area contributed by atoms with Crippen LogP contribution in [0.25, 0.3) is 0 Å². The topological polar surface area (TPSA) is 84.5 Å². The molecule has 2 aromatic carbocycles. The summed E-state index contributed by atoms with van der Waals surface area (Å²) in [7, 11) is 0. The van der Waals surface area contributed by atoms with Crippen molar-refractivity contribution in [3.8, 4) is 0 Å². The highest BCUT2D eigenvalue weighted by atomic mass is 79.9. The summed E-state index contributed by atoms with van der Waals surface area (Å²) in [6, 6.07) is 13.8. The van der Waals surface area contributed by atoms with Crippen molar-refractivity contribution in [1.82, 2.24) is 5.32 Å². The normalized spacial score (nSPS) is 10.1. The fourth-order valence-corrected chi connectivity index (χ4v) is 2.79. The Kier molecular flexibility index (Phi) is 8.00. The lowest BCUT2D eigenvalue weighted by Gasteiger charge is -2.09. The van der Waals surface area contributed by atoms with Crippen LogP contribution in [0, 0.1) is 0 Å². The third kappa shape index (κ3) is 6.53. The van der Waals surface area contributed by atoms with Gasteiger partial charge in [0, 0.05) is 23.0 Å². The maximum absolute atomic E-state index is 12.1. The molecule has 0 radical (unpaired) electrons. The van der Waals surface area contributed by atoms with Gasteiger partial charge >= 0.3 is 5.97 Å². The second-order valence-electron chi connectivity index (χ2n) is 5.69. The van der Waals surface area contributed by atoms with Crippen molar-refractivity contribution in [3.63, 3.8) is 0 Å². The summed E-state index contributed by atoms with van der Waals surface area (Å²) < 4.78 is 5.54. The SMILES string of the molecule is CCOC(=O)c1ccc(NC(=O)CCCNC(=O)c2ccccc2)c(Br)c1. The molecule has 0 unspecified atom stereocenters. The van der Waals surface area contributed by atoms with Gasteiger partial charge in [0.15, 0.2) is 0 Å². The quantitative estimate of drug-likeness (QED) is 0.490. The molecule has 0 bridgehead atoms. The van der Waals surface area contributed by atoms with E-state index in [-0.39, 0.29) is 18.2 Å². The second kappa shape index (κ2) is 10.5. The summed E-state index contributed by atoms with van der Waals surface area (Å²) >= 11 is 3.34. The molecule has 0 saturated heterocycles. The van der Waals surface area contributed by atoms with E-state index in [1.54, 1.807) is 49.4 Å². The van der Waals surface area contributed by atoms with Crippen molar-refractivity contribution in [2.24, 2.45) is 0 Å². The predicted molar refractivity (Wildman–Crippen MR) is 107 cm³/mol. The molecule has 0 aromatic heterocycles. The summed E-state index contributed by atoms with van der Waals surface area (Å²) in [6.07, 6.45) is 0.782. The Balaban J connectivity index is 1.77. The third-order valence-corrected chi connectivity index (χ3v) is 4.31. The van der Waals surface area contributed by atoms with Crippen LogP contribution in [0.4, 0.5) is 5.69 Å². The first-order chi connectivity index (χ1) is 13.0. The van der Waals surface area contributed by atoms with Gasteiger partial charge in [-0.25, -0.2) is 4.79 Å². The molecule has 27 heavy (non-hydrogen) atoms. The minimum Gasteiger partial charge on any atom is -0.462 e. The summed E-state index contributed by atoms with van der Waals surface area (Å²) in [6.45, 7) is 2.45. The lowest BCUT2D eigenvalue weighted by molar-refractivity contribution is -0.116. The van der Waals surface area contributed by atoms with Gasteiger partial charge in [-0.15, -0.1) is 0 Å². The largest absolute Gasteiger partial charge is 0.462 e. The molecule has 2 aromatic rings. The number of halogens is 1. The Morgan fingerprint density at radius 2 is 1.78 bits per heavy atom. The molecule has 6 nitrogen and oxygen atoms in total. The summed E-state index contributed by atoms with van der Waals surface area (Å²) in [5.74, 6) is -0.743. The highest BCUT2D eigenvalue weighted by Crippen LogP contribution is 2.24. The lowest BCUT2D eigenvalue weighted by atomic mass is 10.2. The van der Waals surface area contributed by atoms with E-state index in [0.29, 0.717) is 40.9 Å². The number of carbonyl (C=O) groups is 3. The van der Waals surface area contributed by atoms with E-state index in [2.05, 4.69) is 26.6 Å². The van der Waals surface area contributed by atoms with Crippen molar-refractivity contribution >= 4 is 39.4 Å². The van der Waals surface area contributed by atoms with Crippen molar-refractivity contribution in [2.75, 3.05) is 18.5 Å². The standard InChI is InChI=1S/C20H21BrN2O4/c1-2-27-20(26)15-10-11-17(16(21)13-15)23-18(24)9-6-12-22-19(25)14-7-4-3-5-8-14/h3-5,7-8,10-11,13H,2,6,9,12H2,1H3,(H,22,25)(H,23,24). The van der Waals surface area contributed by atoms with E-state index >= 15 is 0 Å². The molecule has 142 valence electrons. The lowest BCUT2D eigenvalue weighted by Crippen LogP contribution is -2.25. The summed E-state index contributed by atoms with van der Waals surface area (Å²) in [5, 5.41) is 5.56. The fourth-order valence-electron chi connectivity index (χ4n) is 2.31. The van der Waals surface area contributed by atoms with Gasteiger partial charge in [-0.05, 0) is 59.6 Å². The number of anilines is 1. The first-order valence-corrected chi connectivity index (χ1v) is 9.40. The summed E-state index contributed by atoms with van der Waals surface area (Å²) in [4.78, 5) is 35.7. The smallest absolute Gasteiger partial charge is 0.338 e. The molecule has 2 rings (SSSR count). The molecule has 0 saturated carbocycles. The molecule has 0 spiro atoms. The number of nitrogens with one attached hydrogen (secondary N) is 2. The number of esters is 1. The molecular formula is C20H21BrN2O4. The van der Waals surface area contributed by atoms with Crippen molar-refractivity contribution < 1.29 is 19.1 Å². The van der Waals surface area contributed by atoms with Crippen LogP contribution in [0.3, 0.4) is 0 Å².